The van der Waals surface area contributed by atoms with Crippen molar-refractivity contribution in [1.29, 1.82) is 0 Å². The highest BCUT2D eigenvalue weighted by Gasteiger charge is 2.19. The first-order valence-corrected chi connectivity index (χ1v) is 10.2. The van der Waals surface area contributed by atoms with Crippen LogP contribution >= 0.6 is 0 Å². The summed E-state index contributed by atoms with van der Waals surface area (Å²) in [6.45, 7) is 1.23. The van der Waals surface area contributed by atoms with Crippen LogP contribution in [0.2, 0.25) is 0 Å². The van der Waals surface area contributed by atoms with Crippen molar-refractivity contribution < 1.29 is 19.0 Å². The summed E-state index contributed by atoms with van der Waals surface area (Å²) in [6, 6.07) is 25.1. The van der Waals surface area contributed by atoms with E-state index < -0.39 is 0 Å². The number of hydrogen-bond acceptors (Lipinski definition) is 4. The molecule has 1 heterocycles. The van der Waals surface area contributed by atoms with Crippen LogP contribution in [0.3, 0.4) is 0 Å². The minimum atomic E-state index is -0.212. The first-order chi connectivity index (χ1) is 14.8. The number of ether oxygens (including phenoxy) is 3. The first kappa shape index (κ1) is 19.8. The largest absolute Gasteiger partial charge is 0.490 e. The number of carbonyl (C=O) groups is 1. The second-order valence-corrected chi connectivity index (χ2v) is 7.17. The van der Waals surface area contributed by atoms with Crippen LogP contribution in [0.1, 0.15) is 23.6 Å². The van der Waals surface area contributed by atoms with Gasteiger partial charge in [0.2, 0.25) is 0 Å². The number of rotatable bonds is 7. The Morgan fingerprint density at radius 3 is 2.37 bits per heavy atom. The molecular weight excluding hydrogens is 378 g/mol. The molecule has 154 valence electrons. The second-order valence-electron chi connectivity index (χ2n) is 7.17. The predicted octanol–water partition coefficient (Wildman–Crippen LogP) is 4.33. The Kier molecular flexibility index (Phi) is 6.50. The van der Waals surface area contributed by atoms with Gasteiger partial charge in [-0.1, -0.05) is 54.6 Å². The third-order valence-corrected chi connectivity index (χ3v) is 4.90. The fraction of sp³-hybridized carbons (Fsp3) is 0.240. The highest BCUT2D eigenvalue weighted by molar-refractivity contribution is 5.78. The molecule has 0 aliphatic carbocycles. The molecule has 0 bridgehead atoms. The van der Waals surface area contributed by atoms with Crippen LogP contribution in [0, 0.1) is 0 Å². The summed E-state index contributed by atoms with van der Waals surface area (Å²) in [5.41, 5.74) is 2.11. The van der Waals surface area contributed by atoms with E-state index in [0.717, 1.165) is 29.0 Å². The van der Waals surface area contributed by atoms with Crippen molar-refractivity contribution in [1.82, 2.24) is 5.32 Å². The molecule has 0 fully saturated rings. The summed E-state index contributed by atoms with van der Waals surface area (Å²) in [4.78, 5) is 12.6. The van der Waals surface area contributed by atoms with Crippen molar-refractivity contribution in [3.63, 3.8) is 0 Å². The standard InChI is InChI=1S/C25H25NO4/c27-25(18-30-21-10-5-2-6-11-21)26-22(16-19-8-3-1-4-9-19)20-12-13-23-24(17-20)29-15-7-14-28-23/h1-6,8-13,17,22H,7,14-16,18H2,(H,26,27). The highest BCUT2D eigenvalue weighted by atomic mass is 16.5. The molecule has 0 spiro atoms. The summed E-state index contributed by atoms with van der Waals surface area (Å²) in [5.74, 6) is 1.96. The number of amides is 1. The molecular formula is C25H25NO4. The Hall–Kier alpha value is -3.47. The Labute approximate surface area is 176 Å². The number of benzene rings is 3. The number of hydrogen-bond donors (Lipinski definition) is 1. The zero-order chi connectivity index (χ0) is 20.6. The van der Waals surface area contributed by atoms with Gasteiger partial charge in [0.1, 0.15) is 5.75 Å². The lowest BCUT2D eigenvalue weighted by Crippen LogP contribution is -2.33. The van der Waals surface area contributed by atoms with Gasteiger partial charge in [0.25, 0.3) is 5.91 Å². The minimum absolute atomic E-state index is 0.0418. The molecule has 1 aliphatic heterocycles. The molecule has 5 heteroatoms. The lowest BCUT2D eigenvalue weighted by Gasteiger charge is -2.21. The van der Waals surface area contributed by atoms with E-state index in [1.807, 2.05) is 66.7 Å². The van der Waals surface area contributed by atoms with E-state index in [-0.39, 0.29) is 18.6 Å². The van der Waals surface area contributed by atoms with Crippen LogP contribution in [0.15, 0.2) is 78.9 Å². The zero-order valence-electron chi connectivity index (χ0n) is 16.8. The summed E-state index contributed by atoms with van der Waals surface area (Å²) >= 11 is 0. The maximum absolute atomic E-state index is 12.6. The van der Waals surface area contributed by atoms with Crippen LogP contribution in [0.25, 0.3) is 0 Å². The second kappa shape index (κ2) is 9.83. The topological polar surface area (TPSA) is 56.8 Å². The van der Waals surface area contributed by atoms with E-state index in [1.165, 1.54) is 0 Å². The van der Waals surface area contributed by atoms with Gasteiger partial charge in [-0.05, 0) is 41.8 Å². The summed E-state index contributed by atoms with van der Waals surface area (Å²) in [5, 5.41) is 3.11. The van der Waals surface area contributed by atoms with Crippen LogP contribution in [-0.4, -0.2) is 25.7 Å². The fourth-order valence-electron chi connectivity index (χ4n) is 3.40. The van der Waals surface area contributed by atoms with Gasteiger partial charge in [-0.3, -0.25) is 4.79 Å². The highest BCUT2D eigenvalue weighted by Crippen LogP contribution is 2.33. The van der Waals surface area contributed by atoms with Crippen molar-refractivity contribution in [3.8, 4) is 17.2 Å². The van der Waals surface area contributed by atoms with E-state index in [0.29, 0.717) is 25.4 Å². The molecule has 4 rings (SSSR count). The first-order valence-electron chi connectivity index (χ1n) is 10.2. The molecule has 1 amide bonds. The molecule has 0 radical (unpaired) electrons. The molecule has 0 saturated carbocycles. The zero-order valence-corrected chi connectivity index (χ0v) is 16.8. The van der Waals surface area contributed by atoms with E-state index in [2.05, 4.69) is 17.4 Å². The van der Waals surface area contributed by atoms with E-state index >= 15 is 0 Å². The maximum atomic E-state index is 12.6. The van der Waals surface area contributed by atoms with Crippen molar-refractivity contribution in [2.24, 2.45) is 0 Å². The fourth-order valence-corrected chi connectivity index (χ4v) is 3.40. The van der Waals surface area contributed by atoms with Crippen molar-refractivity contribution >= 4 is 5.91 Å². The van der Waals surface area contributed by atoms with Crippen LogP contribution in [0.5, 0.6) is 17.2 Å². The molecule has 1 N–H and O–H groups in total. The number of fused-ring (bicyclic) bond motifs is 1. The molecule has 1 atom stereocenters. The van der Waals surface area contributed by atoms with Gasteiger partial charge in [-0.25, -0.2) is 0 Å². The van der Waals surface area contributed by atoms with Gasteiger partial charge in [-0.15, -0.1) is 0 Å². The number of carbonyl (C=O) groups excluding carboxylic acids is 1. The predicted molar refractivity (Wildman–Crippen MR) is 115 cm³/mol. The molecule has 3 aromatic rings. The van der Waals surface area contributed by atoms with Gasteiger partial charge < -0.3 is 19.5 Å². The molecule has 5 nitrogen and oxygen atoms in total. The molecule has 30 heavy (non-hydrogen) atoms. The summed E-state index contributed by atoms with van der Waals surface area (Å²) in [7, 11) is 0. The SMILES string of the molecule is O=C(COc1ccccc1)NC(Cc1ccccc1)c1ccc2c(c1)OCCCO2. The van der Waals surface area contributed by atoms with Gasteiger partial charge in [0.05, 0.1) is 19.3 Å². The quantitative estimate of drug-likeness (QED) is 0.638. The monoisotopic (exact) mass is 403 g/mol. The third-order valence-electron chi connectivity index (χ3n) is 4.90. The lowest BCUT2D eigenvalue weighted by molar-refractivity contribution is -0.123. The van der Waals surface area contributed by atoms with Crippen LogP contribution in [-0.2, 0) is 11.2 Å². The van der Waals surface area contributed by atoms with Gasteiger partial charge in [-0.2, -0.15) is 0 Å². The Bertz CT molecular complexity index is 959. The van der Waals surface area contributed by atoms with E-state index in [4.69, 9.17) is 14.2 Å². The smallest absolute Gasteiger partial charge is 0.258 e. The Morgan fingerprint density at radius 2 is 1.60 bits per heavy atom. The molecule has 0 aromatic heterocycles. The molecule has 1 unspecified atom stereocenters. The van der Waals surface area contributed by atoms with Gasteiger partial charge >= 0.3 is 0 Å². The van der Waals surface area contributed by atoms with E-state index in [1.54, 1.807) is 0 Å². The Morgan fingerprint density at radius 1 is 0.900 bits per heavy atom. The summed E-state index contributed by atoms with van der Waals surface area (Å²) < 4.78 is 17.2. The normalized spacial score (nSPS) is 13.7. The maximum Gasteiger partial charge on any atom is 0.258 e. The Balaban J connectivity index is 1.50. The van der Waals surface area contributed by atoms with Crippen LogP contribution in [0.4, 0.5) is 0 Å². The van der Waals surface area contributed by atoms with Crippen LogP contribution < -0.4 is 19.5 Å². The molecule has 0 saturated heterocycles. The van der Waals surface area contributed by atoms with Crippen molar-refractivity contribution in [2.45, 2.75) is 18.9 Å². The average molecular weight is 403 g/mol. The van der Waals surface area contributed by atoms with Crippen molar-refractivity contribution in [3.05, 3.63) is 90.0 Å². The average Bonchev–Trinajstić information content (AvgIpc) is 3.03. The molecule has 1 aliphatic rings. The van der Waals surface area contributed by atoms with Gasteiger partial charge in [0.15, 0.2) is 18.1 Å². The van der Waals surface area contributed by atoms with Crippen molar-refractivity contribution in [2.75, 3.05) is 19.8 Å². The summed E-state index contributed by atoms with van der Waals surface area (Å²) in [6.07, 6.45) is 1.52. The number of para-hydroxylation sites is 1. The van der Waals surface area contributed by atoms with Gasteiger partial charge in [0, 0.05) is 6.42 Å². The third kappa shape index (κ3) is 5.32. The minimum Gasteiger partial charge on any atom is -0.490 e. The molecule has 3 aromatic carbocycles. The number of nitrogens with one attached hydrogen (secondary N) is 1. The van der Waals surface area contributed by atoms with E-state index in [9.17, 15) is 4.79 Å². The lowest BCUT2D eigenvalue weighted by atomic mass is 9.98.